The fraction of sp³-hybridized carbons (Fsp3) is 0.308. The molecule has 5 nitrogen and oxygen atoms in total. The molecular formula is C26H26Cl2N4O. The van der Waals surface area contributed by atoms with Crippen molar-refractivity contribution >= 4 is 28.9 Å². The summed E-state index contributed by atoms with van der Waals surface area (Å²) < 4.78 is 0. The first-order chi connectivity index (χ1) is 15.9. The Hall–Kier alpha value is -2.62. The summed E-state index contributed by atoms with van der Waals surface area (Å²) in [5, 5.41) is 21.9. The third-order valence-corrected chi connectivity index (χ3v) is 6.93. The summed E-state index contributed by atoms with van der Waals surface area (Å²) in [6.07, 6.45) is 4.05. The molecular weight excluding hydrogens is 455 g/mol. The maximum Gasteiger partial charge on any atom is 0.103 e. The molecule has 1 saturated heterocycles. The Morgan fingerprint density at radius 1 is 1.15 bits per heavy atom. The number of aromatic nitrogens is 1. The van der Waals surface area contributed by atoms with E-state index in [0.717, 1.165) is 29.9 Å². The van der Waals surface area contributed by atoms with Crippen LogP contribution >= 0.6 is 23.2 Å². The molecule has 170 valence electrons. The Bertz CT molecular complexity index is 1130. The zero-order chi connectivity index (χ0) is 23.4. The minimum atomic E-state index is -0.979. The van der Waals surface area contributed by atoms with Gasteiger partial charge in [0, 0.05) is 49.2 Å². The van der Waals surface area contributed by atoms with Crippen LogP contribution in [0.5, 0.6) is 0 Å². The van der Waals surface area contributed by atoms with Crippen molar-refractivity contribution in [3.63, 3.8) is 0 Å². The maximum absolute atomic E-state index is 11.5. The second-order valence-electron chi connectivity index (χ2n) is 8.40. The molecule has 1 aromatic heterocycles. The summed E-state index contributed by atoms with van der Waals surface area (Å²) >= 11 is 12.7. The number of pyridine rings is 1. The van der Waals surface area contributed by atoms with Crippen LogP contribution in [0.15, 0.2) is 67.0 Å². The summed E-state index contributed by atoms with van der Waals surface area (Å²) in [5.74, 6) is 0. The van der Waals surface area contributed by atoms with Crippen molar-refractivity contribution in [1.82, 2.24) is 9.88 Å². The van der Waals surface area contributed by atoms with Crippen molar-refractivity contribution in [2.24, 2.45) is 0 Å². The van der Waals surface area contributed by atoms with E-state index >= 15 is 0 Å². The molecule has 2 aromatic carbocycles. The third-order valence-electron chi connectivity index (χ3n) is 6.37. The van der Waals surface area contributed by atoms with E-state index in [1.54, 1.807) is 24.5 Å². The average molecular weight is 481 g/mol. The van der Waals surface area contributed by atoms with E-state index in [9.17, 15) is 10.4 Å². The van der Waals surface area contributed by atoms with Crippen LogP contribution in [0.4, 0.5) is 5.69 Å². The number of aliphatic hydroxyl groups is 1. The molecule has 33 heavy (non-hydrogen) atoms. The normalized spacial score (nSPS) is 18.5. The van der Waals surface area contributed by atoms with Gasteiger partial charge in [0.1, 0.15) is 5.60 Å². The zero-order valence-electron chi connectivity index (χ0n) is 18.5. The van der Waals surface area contributed by atoms with Gasteiger partial charge in [-0.1, -0.05) is 48.3 Å². The van der Waals surface area contributed by atoms with Gasteiger partial charge in [0.25, 0.3) is 0 Å². The predicted molar refractivity (Wildman–Crippen MR) is 133 cm³/mol. The smallest absolute Gasteiger partial charge is 0.103 e. The minimum Gasteiger partial charge on any atom is -0.384 e. The Balaban J connectivity index is 1.64. The van der Waals surface area contributed by atoms with Crippen LogP contribution in [-0.4, -0.2) is 41.2 Å². The van der Waals surface area contributed by atoms with Crippen molar-refractivity contribution in [3.8, 4) is 6.07 Å². The van der Waals surface area contributed by atoms with Crippen LogP contribution in [0.3, 0.4) is 0 Å². The Morgan fingerprint density at radius 3 is 2.58 bits per heavy atom. The molecule has 1 aliphatic rings. The first kappa shape index (κ1) is 23.5. The van der Waals surface area contributed by atoms with Crippen LogP contribution in [0.2, 0.25) is 10.0 Å². The first-order valence-electron chi connectivity index (χ1n) is 11.0. The van der Waals surface area contributed by atoms with Gasteiger partial charge in [-0.05, 0) is 48.4 Å². The topological polar surface area (TPSA) is 63.4 Å². The van der Waals surface area contributed by atoms with Gasteiger partial charge in [0.15, 0.2) is 0 Å². The number of piperazine rings is 1. The van der Waals surface area contributed by atoms with Crippen molar-refractivity contribution in [2.75, 3.05) is 31.1 Å². The molecule has 0 amide bonds. The molecule has 4 rings (SSSR count). The number of nitrogens with zero attached hydrogens (tertiary/aromatic N) is 4. The largest absolute Gasteiger partial charge is 0.384 e. The van der Waals surface area contributed by atoms with E-state index in [0.29, 0.717) is 35.1 Å². The lowest BCUT2D eigenvalue weighted by Gasteiger charge is -2.45. The molecule has 1 aliphatic heterocycles. The number of nitriles is 1. The molecule has 0 aliphatic carbocycles. The molecule has 0 saturated carbocycles. The van der Waals surface area contributed by atoms with Gasteiger partial charge in [-0.25, -0.2) is 0 Å². The lowest BCUT2D eigenvalue weighted by molar-refractivity contribution is -0.00957. The number of hydrogen-bond donors (Lipinski definition) is 1. The number of halogens is 2. The van der Waals surface area contributed by atoms with E-state index in [1.807, 2.05) is 49.4 Å². The predicted octanol–water partition coefficient (Wildman–Crippen LogP) is 5.42. The summed E-state index contributed by atoms with van der Waals surface area (Å²) in [6.45, 7) is 4.71. The maximum atomic E-state index is 11.5. The monoisotopic (exact) mass is 480 g/mol. The van der Waals surface area contributed by atoms with E-state index in [4.69, 9.17) is 23.2 Å². The number of benzene rings is 2. The highest BCUT2D eigenvalue weighted by molar-refractivity contribution is 6.33. The van der Waals surface area contributed by atoms with Gasteiger partial charge in [-0.2, -0.15) is 5.26 Å². The van der Waals surface area contributed by atoms with Crippen LogP contribution in [0, 0.1) is 11.3 Å². The number of anilines is 1. The Kier molecular flexibility index (Phi) is 7.21. The molecule has 3 aromatic rings. The highest BCUT2D eigenvalue weighted by atomic mass is 35.5. The SMILES string of the molecule is CC[C@@](O)(CN1CCN(c2ccc(C#N)cc2Cl)[C@H](c2ccc(Cl)cc2)C1)c1cccnc1. The molecule has 1 fully saturated rings. The lowest BCUT2D eigenvalue weighted by atomic mass is 9.90. The van der Waals surface area contributed by atoms with Crippen LogP contribution in [0.25, 0.3) is 0 Å². The summed E-state index contributed by atoms with van der Waals surface area (Å²) in [6, 6.07) is 19.2. The summed E-state index contributed by atoms with van der Waals surface area (Å²) in [4.78, 5) is 8.77. The fourth-order valence-corrected chi connectivity index (χ4v) is 4.88. The molecule has 2 heterocycles. The van der Waals surface area contributed by atoms with Gasteiger partial charge in [0.2, 0.25) is 0 Å². The highest BCUT2D eigenvalue weighted by Gasteiger charge is 2.35. The summed E-state index contributed by atoms with van der Waals surface area (Å²) in [5.41, 5.74) is 2.40. The molecule has 2 atom stereocenters. The number of hydrogen-bond acceptors (Lipinski definition) is 5. The number of β-amino-alcohol motifs (C(OH)–C–C–N with tert-alkyl or cyclic N) is 1. The van der Waals surface area contributed by atoms with Crippen molar-refractivity contribution in [1.29, 1.82) is 5.26 Å². The molecule has 0 spiro atoms. The molecule has 1 N–H and O–H groups in total. The second kappa shape index (κ2) is 10.1. The zero-order valence-corrected chi connectivity index (χ0v) is 20.0. The van der Waals surface area contributed by atoms with Crippen molar-refractivity contribution in [3.05, 3.63) is 93.7 Å². The fourth-order valence-electron chi connectivity index (χ4n) is 4.47. The van der Waals surface area contributed by atoms with Gasteiger partial charge in [-0.3, -0.25) is 9.88 Å². The summed E-state index contributed by atoms with van der Waals surface area (Å²) in [7, 11) is 0. The van der Waals surface area contributed by atoms with Gasteiger partial charge in [-0.15, -0.1) is 0 Å². The number of rotatable bonds is 6. The van der Waals surface area contributed by atoms with E-state index in [1.165, 1.54) is 0 Å². The Labute approximate surface area is 204 Å². The van der Waals surface area contributed by atoms with E-state index in [-0.39, 0.29) is 6.04 Å². The van der Waals surface area contributed by atoms with Gasteiger partial charge < -0.3 is 10.0 Å². The van der Waals surface area contributed by atoms with Crippen LogP contribution < -0.4 is 4.90 Å². The average Bonchev–Trinajstić information content (AvgIpc) is 2.85. The van der Waals surface area contributed by atoms with E-state index in [2.05, 4.69) is 20.9 Å². The highest BCUT2D eigenvalue weighted by Crippen LogP contribution is 2.37. The van der Waals surface area contributed by atoms with Gasteiger partial charge in [0.05, 0.1) is 28.4 Å². The third kappa shape index (κ3) is 5.15. The first-order valence-corrected chi connectivity index (χ1v) is 11.8. The molecule has 7 heteroatoms. The molecule has 0 unspecified atom stereocenters. The van der Waals surface area contributed by atoms with Crippen LogP contribution in [-0.2, 0) is 5.60 Å². The van der Waals surface area contributed by atoms with Gasteiger partial charge >= 0.3 is 0 Å². The quantitative estimate of drug-likeness (QED) is 0.510. The second-order valence-corrected chi connectivity index (χ2v) is 9.24. The lowest BCUT2D eigenvalue weighted by Crippen LogP contribution is -2.52. The van der Waals surface area contributed by atoms with Crippen molar-refractivity contribution < 1.29 is 5.11 Å². The Morgan fingerprint density at radius 2 is 1.94 bits per heavy atom. The minimum absolute atomic E-state index is 0.0106. The molecule has 0 bridgehead atoms. The standard InChI is InChI=1S/C26H26Cl2N4O/c1-2-26(33,21-4-3-11-30-16-21)18-31-12-13-32(24-10-5-19(15-29)14-23(24)28)25(17-31)20-6-8-22(27)9-7-20/h3-11,14,16,25,33H,2,12-13,17-18H2,1H3/t25-,26+/m0/s1. The van der Waals surface area contributed by atoms with Crippen molar-refractivity contribution in [2.45, 2.75) is 25.0 Å². The van der Waals surface area contributed by atoms with Crippen LogP contribution in [0.1, 0.15) is 36.1 Å². The molecule has 0 radical (unpaired) electrons. The van der Waals surface area contributed by atoms with E-state index < -0.39 is 5.60 Å².